The first kappa shape index (κ1) is 13.2. The molecule has 1 saturated heterocycles. The second-order valence-corrected chi connectivity index (χ2v) is 6.54. The maximum Gasteiger partial charge on any atom is 0.292 e. The molecule has 1 N–H and O–H groups in total. The number of carbonyl (C=O) groups is 1. The Bertz CT molecular complexity index is 519. The fourth-order valence-electron chi connectivity index (χ4n) is 3.67. The van der Waals surface area contributed by atoms with Crippen LogP contribution in [0.1, 0.15) is 73.9 Å². The Morgan fingerprint density at radius 3 is 2.71 bits per heavy atom. The van der Waals surface area contributed by atoms with Crippen molar-refractivity contribution < 1.29 is 9.32 Å². The van der Waals surface area contributed by atoms with Gasteiger partial charge in [-0.2, -0.15) is 4.98 Å². The molecule has 6 heteroatoms. The molecule has 0 unspecified atom stereocenters. The van der Waals surface area contributed by atoms with Crippen LogP contribution in [0.5, 0.6) is 0 Å². The van der Waals surface area contributed by atoms with Gasteiger partial charge in [0.15, 0.2) is 0 Å². The highest BCUT2D eigenvalue weighted by atomic mass is 16.5. The van der Waals surface area contributed by atoms with Crippen LogP contribution in [-0.2, 0) is 0 Å². The van der Waals surface area contributed by atoms with Crippen molar-refractivity contribution in [2.24, 2.45) is 0 Å². The number of rotatable bonds is 4. The van der Waals surface area contributed by atoms with Gasteiger partial charge in [-0.1, -0.05) is 18.0 Å². The molecular formula is C15H22N4O2. The molecule has 2 aliphatic carbocycles. The van der Waals surface area contributed by atoms with Crippen LogP contribution in [0.4, 0.5) is 0 Å². The van der Waals surface area contributed by atoms with E-state index >= 15 is 0 Å². The minimum atomic E-state index is -0.196. The van der Waals surface area contributed by atoms with Crippen LogP contribution in [0, 0.1) is 0 Å². The SMILES string of the molecule is O=C(NC1CC1)c1noc([C@@H]2CCCN2C2CCCC2)n1. The Labute approximate surface area is 124 Å². The van der Waals surface area contributed by atoms with Gasteiger partial charge in [0.25, 0.3) is 11.7 Å². The number of nitrogens with zero attached hydrogens (tertiary/aromatic N) is 3. The zero-order chi connectivity index (χ0) is 14.2. The van der Waals surface area contributed by atoms with Crippen LogP contribution >= 0.6 is 0 Å². The van der Waals surface area contributed by atoms with Crippen LogP contribution in [0.3, 0.4) is 0 Å². The summed E-state index contributed by atoms with van der Waals surface area (Å²) in [6.45, 7) is 1.11. The summed E-state index contributed by atoms with van der Waals surface area (Å²) < 4.78 is 5.40. The van der Waals surface area contributed by atoms with Crippen molar-refractivity contribution in [3.05, 3.63) is 11.7 Å². The topological polar surface area (TPSA) is 71.3 Å². The average molecular weight is 290 g/mol. The number of carbonyl (C=O) groups excluding carboxylic acids is 1. The Kier molecular flexibility index (Phi) is 3.41. The van der Waals surface area contributed by atoms with Crippen molar-refractivity contribution in [1.29, 1.82) is 0 Å². The molecule has 3 fully saturated rings. The van der Waals surface area contributed by atoms with Crippen LogP contribution in [0.25, 0.3) is 0 Å². The minimum Gasteiger partial charge on any atom is -0.346 e. The van der Waals surface area contributed by atoms with Crippen LogP contribution < -0.4 is 5.32 Å². The molecule has 2 saturated carbocycles. The molecule has 1 aromatic heterocycles. The highest BCUT2D eigenvalue weighted by Crippen LogP contribution is 2.37. The molecule has 4 rings (SSSR count). The Morgan fingerprint density at radius 2 is 1.95 bits per heavy atom. The molecule has 114 valence electrons. The molecule has 1 aliphatic heterocycles. The van der Waals surface area contributed by atoms with Gasteiger partial charge in [0.1, 0.15) is 0 Å². The summed E-state index contributed by atoms with van der Waals surface area (Å²) in [4.78, 5) is 18.8. The standard InChI is InChI=1S/C15H22N4O2/c20-14(16-10-7-8-10)13-17-15(21-18-13)12-6-3-9-19(12)11-4-1-2-5-11/h10-12H,1-9H2,(H,16,20)/t12-/m0/s1. The van der Waals surface area contributed by atoms with Gasteiger partial charge in [-0.05, 0) is 45.1 Å². The second-order valence-electron chi connectivity index (χ2n) is 6.54. The number of hydrogen-bond acceptors (Lipinski definition) is 5. The van der Waals surface area contributed by atoms with E-state index in [4.69, 9.17) is 4.52 Å². The Morgan fingerprint density at radius 1 is 1.14 bits per heavy atom. The van der Waals surface area contributed by atoms with Gasteiger partial charge in [-0.3, -0.25) is 9.69 Å². The van der Waals surface area contributed by atoms with E-state index in [-0.39, 0.29) is 17.8 Å². The van der Waals surface area contributed by atoms with Crippen molar-refractivity contribution in [1.82, 2.24) is 20.4 Å². The summed E-state index contributed by atoms with van der Waals surface area (Å²) in [6, 6.07) is 1.19. The van der Waals surface area contributed by atoms with Gasteiger partial charge in [-0.15, -0.1) is 0 Å². The lowest BCUT2D eigenvalue weighted by Crippen LogP contribution is -2.33. The summed E-state index contributed by atoms with van der Waals surface area (Å²) in [5.74, 6) is 0.619. The highest BCUT2D eigenvalue weighted by molar-refractivity contribution is 5.90. The zero-order valence-electron chi connectivity index (χ0n) is 12.3. The summed E-state index contributed by atoms with van der Waals surface area (Å²) in [6.07, 6.45) is 9.57. The smallest absolute Gasteiger partial charge is 0.292 e. The third-order valence-corrected chi connectivity index (χ3v) is 4.93. The van der Waals surface area contributed by atoms with Crippen LogP contribution in [-0.4, -0.2) is 39.6 Å². The van der Waals surface area contributed by atoms with E-state index in [0.29, 0.717) is 18.0 Å². The maximum absolute atomic E-state index is 12.0. The number of hydrogen-bond donors (Lipinski definition) is 1. The number of aromatic nitrogens is 2. The van der Waals surface area contributed by atoms with Gasteiger partial charge in [0.2, 0.25) is 5.89 Å². The van der Waals surface area contributed by atoms with Crippen molar-refractivity contribution in [2.75, 3.05) is 6.54 Å². The molecule has 1 amide bonds. The Hall–Kier alpha value is -1.43. The predicted octanol–water partition coefficient (Wildman–Crippen LogP) is 2.04. The summed E-state index contributed by atoms with van der Waals surface area (Å²) >= 11 is 0. The number of likely N-dealkylation sites (tertiary alicyclic amines) is 1. The lowest BCUT2D eigenvalue weighted by atomic mass is 10.1. The second kappa shape index (κ2) is 5.40. The molecule has 1 aromatic rings. The first-order valence-corrected chi connectivity index (χ1v) is 8.21. The monoisotopic (exact) mass is 290 g/mol. The van der Waals surface area contributed by atoms with Crippen molar-refractivity contribution in [3.63, 3.8) is 0 Å². The normalized spacial score (nSPS) is 27.3. The van der Waals surface area contributed by atoms with Gasteiger partial charge in [0, 0.05) is 12.1 Å². The quantitative estimate of drug-likeness (QED) is 0.918. The van der Waals surface area contributed by atoms with Gasteiger partial charge >= 0.3 is 0 Å². The molecule has 2 heterocycles. The third-order valence-electron chi connectivity index (χ3n) is 4.93. The van der Waals surface area contributed by atoms with Crippen LogP contribution in [0.15, 0.2) is 4.52 Å². The molecule has 21 heavy (non-hydrogen) atoms. The fraction of sp³-hybridized carbons (Fsp3) is 0.800. The molecule has 0 spiro atoms. The van der Waals surface area contributed by atoms with Gasteiger partial charge in [-0.25, -0.2) is 0 Å². The number of nitrogens with one attached hydrogen (secondary N) is 1. The fourth-order valence-corrected chi connectivity index (χ4v) is 3.67. The van der Waals surface area contributed by atoms with Crippen LogP contribution in [0.2, 0.25) is 0 Å². The molecule has 0 bridgehead atoms. The minimum absolute atomic E-state index is 0.190. The maximum atomic E-state index is 12.0. The zero-order valence-corrected chi connectivity index (χ0v) is 12.3. The predicted molar refractivity (Wildman–Crippen MR) is 75.7 cm³/mol. The van der Waals surface area contributed by atoms with E-state index in [2.05, 4.69) is 20.4 Å². The molecule has 3 aliphatic rings. The summed E-state index contributed by atoms with van der Waals surface area (Å²) in [7, 11) is 0. The van der Waals surface area contributed by atoms with Gasteiger partial charge < -0.3 is 9.84 Å². The van der Waals surface area contributed by atoms with E-state index in [1.165, 1.54) is 32.1 Å². The summed E-state index contributed by atoms with van der Waals surface area (Å²) in [5.41, 5.74) is 0. The van der Waals surface area contributed by atoms with Gasteiger partial charge in [0.05, 0.1) is 6.04 Å². The molecule has 0 radical (unpaired) electrons. The first-order valence-electron chi connectivity index (χ1n) is 8.21. The Balaban J connectivity index is 1.47. The van der Waals surface area contributed by atoms with Crippen molar-refractivity contribution >= 4 is 5.91 Å². The molecule has 6 nitrogen and oxygen atoms in total. The summed E-state index contributed by atoms with van der Waals surface area (Å²) in [5, 5.41) is 6.78. The average Bonchev–Trinajstić information content (AvgIpc) is 3.00. The third kappa shape index (κ3) is 2.69. The van der Waals surface area contributed by atoms with E-state index in [9.17, 15) is 4.79 Å². The van der Waals surface area contributed by atoms with E-state index in [0.717, 1.165) is 25.8 Å². The lowest BCUT2D eigenvalue weighted by Gasteiger charge is -2.27. The molecular weight excluding hydrogens is 268 g/mol. The lowest BCUT2D eigenvalue weighted by molar-refractivity contribution is 0.0937. The van der Waals surface area contributed by atoms with E-state index < -0.39 is 0 Å². The molecule has 1 atom stereocenters. The highest BCUT2D eigenvalue weighted by Gasteiger charge is 2.37. The van der Waals surface area contributed by atoms with E-state index in [1.54, 1.807) is 0 Å². The molecule has 0 aromatic carbocycles. The first-order chi connectivity index (χ1) is 10.3. The van der Waals surface area contributed by atoms with E-state index in [1.807, 2.05) is 0 Å². The van der Waals surface area contributed by atoms with Crippen molar-refractivity contribution in [2.45, 2.75) is 69.5 Å². The number of amides is 1. The van der Waals surface area contributed by atoms with Crippen molar-refractivity contribution in [3.8, 4) is 0 Å². The largest absolute Gasteiger partial charge is 0.346 e.